The monoisotopic (exact) mass is 592 g/mol. The number of hydrogen-bond donors (Lipinski definition) is 3. The molecular weight excluding hydrogens is 567 g/mol. The average Bonchev–Trinajstić information content (AvgIpc) is 2.77. The molecule has 1 aromatic heterocycles. The van der Waals surface area contributed by atoms with Gasteiger partial charge in [-0.25, -0.2) is 13.1 Å². The minimum Gasteiger partial charge on any atom is -1.00 e. The number of aryl methyl sites for hydroxylation is 1. The number of hydrogen-bond acceptors (Lipinski definition) is 4. The highest BCUT2D eigenvalue weighted by molar-refractivity contribution is 7.89. The molecule has 0 bridgehead atoms. The van der Waals surface area contributed by atoms with Crippen molar-refractivity contribution in [3.8, 4) is 0 Å². The van der Waals surface area contributed by atoms with E-state index in [0.29, 0.717) is 30.1 Å². The summed E-state index contributed by atoms with van der Waals surface area (Å²) in [6, 6.07) is 11.2. The Bertz CT molecular complexity index is 1040. The first-order valence-electron chi connectivity index (χ1n) is 10.1. The normalized spacial score (nSPS) is 18.3. The van der Waals surface area contributed by atoms with Crippen LogP contribution in [0.4, 0.5) is 0 Å². The van der Waals surface area contributed by atoms with E-state index in [4.69, 9.17) is 11.6 Å². The number of pyridine rings is 1. The lowest BCUT2D eigenvalue weighted by atomic mass is 9.82. The second kappa shape index (κ2) is 11.9. The zero-order chi connectivity index (χ0) is 22.4. The van der Waals surface area contributed by atoms with Gasteiger partial charge in [0.05, 0.1) is 4.90 Å². The molecule has 0 spiro atoms. The number of benzene rings is 1. The minimum absolute atomic E-state index is 0. The van der Waals surface area contributed by atoms with Crippen LogP contribution in [0.15, 0.2) is 53.6 Å². The van der Waals surface area contributed by atoms with Gasteiger partial charge in [0.1, 0.15) is 7.05 Å². The first kappa shape index (κ1) is 26.5. The number of nitrogens with zero attached hydrogens (tertiary/aromatic N) is 1. The predicted octanol–water partition coefficient (Wildman–Crippen LogP) is -1.29. The van der Waals surface area contributed by atoms with Crippen molar-refractivity contribution in [2.45, 2.75) is 30.6 Å². The van der Waals surface area contributed by atoms with Gasteiger partial charge < -0.3 is 24.0 Å². The SMILES string of the molecule is C[n+]1ccccc1C(=O)NNC(=O)C1CCC(CNS(=O)(=O)c2ccc(Cl)cc2)CC1.[I-]. The lowest BCUT2D eigenvalue weighted by Gasteiger charge is -2.27. The number of carbonyl (C=O) groups is 2. The van der Waals surface area contributed by atoms with Crippen molar-refractivity contribution < 1.29 is 46.6 Å². The molecule has 0 radical (unpaired) electrons. The first-order chi connectivity index (χ1) is 14.8. The van der Waals surface area contributed by atoms with E-state index in [1.165, 1.54) is 24.3 Å². The Kier molecular flexibility index (Phi) is 9.86. The Morgan fingerprint density at radius 3 is 2.31 bits per heavy atom. The molecule has 1 aromatic carbocycles. The number of hydrazine groups is 1. The van der Waals surface area contributed by atoms with Crippen molar-refractivity contribution >= 4 is 33.4 Å². The van der Waals surface area contributed by atoms with Gasteiger partial charge in [-0.1, -0.05) is 11.6 Å². The number of carbonyl (C=O) groups excluding carboxylic acids is 2. The van der Waals surface area contributed by atoms with Crippen LogP contribution in [0.1, 0.15) is 36.2 Å². The molecule has 1 heterocycles. The lowest BCUT2D eigenvalue weighted by molar-refractivity contribution is -0.673. The second-order valence-electron chi connectivity index (χ2n) is 7.66. The summed E-state index contributed by atoms with van der Waals surface area (Å²) in [6.07, 6.45) is 4.47. The summed E-state index contributed by atoms with van der Waals surface area (Å²) in [5.74, 6) is -0.674. The van der Waals surface area contributed by atoms with Crippen LogP contribution in [0.5, 0.6) is 0 Å². The van der Waals surface area contributed by atoms with Gasteiger partial charge in [0.15, 0.2) is 6.20 Å². The van der Waals surface area contributed by atoms with E-state index in [9.17, 15) is 18.0 Å². The van der Waals surface area contributed by atoms with Crippen LogP contribution in [0.25, 0.3) is 0 Å². The van der Waals surface area contributed by atoms with E-state index in [2.05, 4.69) is 15.6 Å². The molecule has 0 atom stereocenters. The molecular formula is C21H26ClIN4O4S. The van der Waals surface area contributed by atoms with Crippen molar-refractivity contribution in [2.24, 2.45) is 18.9 Å². The van der Waals surface area contributed by atoms with Crippen molar-refractivity contribution in [3.63, 3.8) is 0 Å². The third-order valence-electron chi connectivity index (χ3n) is 5.49. The quantitative estimate of drug-likeness (QED) is 0.221. The maximum atomic E-state index is 12.4. The molecule has 0 saturated heterocycles. The van der Waals surface area contributed by atoms with Gasteiger partial charge in [0.25, 0.3) is 5.69 Å². The number of amides is 2. The zero-order valence-electron chi connectivity index (χ0n) is 17.6. The number of sulfonamides is 1. The molecule has 2 amide bonds. The van der Waals surface area contributed by atoms with E-state index in [1.54, 1.807) is 29.9 Å². The zero-order valence-corrected chi connectivity index (χ0v) is 21.3. The standard InChI is InChI=1S/C21H25ClN4O4S.HI/c1-26-13-3-2-4-19(26)21(28)25-24-20(27)16-7-5-15(6-8-16)14-23-31(29,30)18-11-9-17(22)10-12-18;/h2-4,9-13,15-16,23,28H,5-8,14H2,1H3;1H. The second-order valence-corrected chi connectivity index (χ2v) is 9.87. The Morgan fingerprint density at radius 2 is 1.69 bits per heavy atom. The molecule has 1 aliphatic carbocycles. The molecule has 0 unspecified atom stereocenters. The van der Waals surface area contributed by atoms with E-state index in [1.807, 2.05) is 6.07 Å². The van der Waals surface area contributed by atoms with Gasteiger partial charge in [-0.05, 0) is 61.9 Å². The molecule has 3 N–H and O–H groups in total. The van der Waals surface area contributed by atoms with Gasteiger partial charge in [-0.15, -0.1) is 0 Å². The summed E-state index contributed by atoms with van der Waals surface area (Å²) in [6.45, 7) is 0.320. The van der Waals surface area contributed by atoms with Crippen LogP contribution in [0, 0.1) is 11.8 Å². The molecule has 0 aliphatic heterocycles. The Morgan fingerprint density at radius 1 is 1.03 bits per heavy atom. The van der Waals surface area contributed by atoms with E-state index >= 15 is 0 Å². The van der Waals surface area contributed by atoms with Crippen LogP contribution in [-0.2, 0) is 21.9 Å². The molecule has 1 aliphatic rings. The molecule has 1 saturated carbocycles. The van der Waals surface area contributed by atoms with E-state index in [-0.39, 0.29) is 52.5 Å². The third kappa shape index (κ3) is 7.12. The van der Waals surface area contributed by atoms with Gasteiger partial charge in [-0.2, -0.15) is 4.57 Å². The molecule has 11 heteroatoms. The first-order valence-corrected chi connectivity index (χ1v) is 11.9. The molecule has 32 heavy (non-hydrogen) atoms. The Hall–Kier alpha value is -1.76. The smallest absolute Gasteiger partial charge is 0.334 e. The summed E-state index contributed by atoms with van der Waals surface area (Å²) in [7, 11) is -1.84. The fourth-order valence-corrected chi connectivity index (χ4v) is 4.84. The third-order valence-corrected chi connectivity index (χ3v) is 7.18. The maximum absolute atomic E-state index is 12.4. The van der Waals surface area contributed by atoms with Crippen LogP contribution >= 0.6 is 11.6 Å². The summed E-state index contributed by atoms with van der Waals surface area (Å²) in [4.78, 5) is 24.8. The molecule has 2 aromatic rings. The van der Waals surface area contributed by atoms with Crippen molar-refractivity contribution in [2.75, 3.05) is 6.54 Å². The van der Waals surface area contributed by atoms with Crippen molar-refractivity contribution in [3.05, 3.63) is 59.4 Å². The molecule has 174 valence electrons. The topological polar surface area (TPSA) is 108 Å². The molecule has 3 rings (SSSR count). The number of rotatable bonds is 6. The van der Waals surface area contributed by atoms with E-state index in [0.717, 1.165) is 12.8 Å². The van der Waals surface area contributed by atoms with Gasteiger partial charge in [-0.3, -0.25) is 20.4 Å². The Balaban J connectivity index is 0.00000363. The number of nitrogens with one attached hydrogen (secondary N) is 3. The fourth-order valence-electron chi connectivity index (χ4n) is 3.60. The predicted molar refractivity (Wildman–Crippen MR) is 115 cm³/mol. The highest BCUT2D eigenvalue weighted by Crippen LogP contribution is 2.28. The summed E-state index contributed by atoms with van der Waals surface area (Å²) >= 11 is 5.81. The minimum atomic E-state index is -3.59. The molecule has 1 fully saturated rings. The average molecular weight is 593 g/mol. The largest absolute Gasteiger partial charge is 1.00 e. The lowest BCUT2D eigenvalue weighted by Crippen LogP contribution is -3.00. The Labute approximate surface area is 210 Å². The summed E-state index contributed by atoms with van der Waals surface area (Å²) in [5, 5.41) is 0.476. The van der Waals surface area contributed by atoms with Gasteiger partial charge in [0.2, 0.25) is 15.9 Å². The summed E-state index contributed by atoms with van der Waals surface area (Å²) in [5.41, 5.74) is 5.39. The van der Waals surface area contributed by atoms with Crippen LogP contribution in [0.2, 0.25) is 5.02 Å². The van der Waals surface area contributed by atoms with Gasteiger partial charge in [0, 0.05) is 29.6 Å². The number of halogens is 2. The van der Waals surface area contributed by atoms with Crippen molar-refractivity contribution in [1.82, 2.24) is 15.6 Å². The fraction of sp³-hybridized carbons (Fsp3) is 0.381. The molecule has 8 nitrogen and oxygen atoms in total. The van der Waals surface area contributed by atoms with Crippen LogP contribution < -0.4 is 44.1 Å². The van der Waals surface area contributed by atoms with Crippen molar-refractivity contribution in [1.29, 1.82) is 0 Å². The highest BCUT2D eigenvalue weighted by atomic mass is 127. The summed E-state index contributed by atoms with van der Waals surface area (Å²) < 4.78 is 29.1. The van der Waals surface area contributed by atoms with Gasteiger partial charge >= 0.3 is 5.91 Å². The van der Waals surface area contributed by atoms with E-state index < -0.39 is 10.0 Å². The highest BCUT2D eigenvalue weighted by Gasteiger charge is 2.28. The van der Waals surface area contributed by atoms with Crippen LogP contribution in [-0.4, -0.2) is 26.8 Å². The number of aromatic nitrogens is 1. The maximum Gasteiger partial charge on any atom is 0.334 e. The van der Waals surface area contributed by atoms with Crippen LogP contribution in [0.3, 0.4) is 0 Å².